The van der Waals surface area contributed by atoms with E-state index in [1.807, 2.05) is 6.07 Å². The molecule has 1 aromatic rings. The van der Waals surface area contributed by atoms with E-state index in [1.165, 1.54) is 0 Å². The highest BCUT2D eigenvalue weighted by molar-refractivity contribution is 5.86. The monoisotopic (exact) mass is 180 g/mol. The van der Waals surface area contributed by atoms with Crippen LogP contribution >= 0.6 is 0 Å². The number of hydrogen-bond acceptors (Lipinski definition) is 3. The predicted molar refractivity (Wildman–Crippen MR) is 48.1 cm³/mol. The maximum Gasteiger partial charge on any atom is 0.333 e. The maximum absolute atomic E-state index is 10.9. The molecule has 13 heavy (non-hydrogen) atoms. The highest BCUT2D eigenvalue weighted by Gasteiger charge is 2.02. The molecule has 0 amide bonds. The van der Waals surface area contributed by atoms with Crippen LogP contribution in [-0.4, -0.2) is 22.8 Å². The summed E-state index contributed by atoms with van der Waals surface area (Å²) < 4.78 is 4.89. The van der Waals surface area contributed by atoms with Crippen LogP contribution in [0.15, 0.2) is 24.4 Å². The highest BCUT2D eigenvalue weighted by Crippen LogP contribution is 1.96. The van der Waals surface area contributed by atoms with E-state index < -0.39 is 0 Å². The first-order valence-electron chi connectivity index (χ1n) is 4.01. The van der Waals surface area contributed by atoms with Gasteiger partial charge in [-0.05, 0) is 13.0 Å². The lowest BCUT2D eigenvalue weighted by atomic mass is 10.3. The van der Waals surface area contributed by atoms with E-state index in [4.69, 9.17) is 4.74 Å². The number of carbonyl (C=O) groups is 1. The van der Waals surface area contributed by atoms with Gasteiger partial charge in [0, 0.05) is 23.9 Å². The lowest BCUT2D eigenvalue weighted by Crippen LogP contribution is -2.08. The van der Waals surface area contributed by atoms with Crippen molar-refractivity contribution in [1.29, 1.82) is 0 Å². The van der Waals surface area contributed by atoms with Crippen LogP contribution in [-0.2, 0) is 16.0 Å². The van der Waals surface area contributed by atoms with Gasteiger partial charge in [0.1, 0.15) is 0 Å². The van der Waals surface area contributed by atoms with E-state index in [0.29, 0.717) is 18.6 Å². The summed E-state index contributed by atoms with van der Waals surface area (Å²) in [6.07, 6.45) is 2.31. The summed E-state index contributed by atoms with van der Waals surface area (Å²) in [4.78, 5) is 10.9. The Balaban J connectivity index is 2.22. The zero-order chi connectivity index (χ0) is 9.68. The molecule has 0 unspecified atom stereocenters. The van der Waals surface area contributed by atoms with Gasteiger partial charge >= 0.3 is 5.97 Å². The summed E-state index contributed by atoms with van der Waals surface area (Å²) in [6, 6.07) is 1.84. The van der Waals surface area contributed by atoms with Crippen molar-refractivity contribution >= 4 is 5.97 Å². The number of hydrogen-bond donors (Lipinski definition) is 1. The number of aromatic nitrogens is 2. The summed E-state index contributed by atoms with van der Waals surface area (Å²) in [7, 11) is 0. The first kappa shape index (κ1) is 9.51. The summed E-state index contributed by atoms with van der Waals surface area (Å²) in [5, 5.41) is 6.55. The molecule has 1 N–H and O–H groups in total. The Labute approximate surface area is 76.6 Å². The van der Waals surface area contributed by atoms with E-state index in [9.17, 15) is 4.79 Å². The fraction of sp³-hybridized carbons (Fsp3) is 0.333. The van der Waals surface area contributed by atoms with Gasteiger partial charge in [-0.3, -0.25) is 5.10 Å². The van der Waals surface area contributed by atoms with E-state index in [2.05, 4.69) is 16.8 Å². The van der Waals surface area contributed by atoms with E-state index >= 15 is 0 Å². The lowest BCUT2D eigenvalue weighted by molar-refractivity contribution is -0.138. The van der Waals surface area contributed by atoms with Gasteiger partial charge in [0.05, 0.1) is 6.61 Å². The SMILES string of the molecule is C=C(C)C(=O)OCCc1ccn[nH]1. The lowest BCUT2D eigenvalue weighted by Gasteiger charge is -2.01. The van der Waals surface area contributed by atoms with Crippen LogP contribution in [0.1, 0.15) is 12.6 Å². The molecular formula is C9H12N2O2. The van der Waals surface area contributed by atoms with Crippen LogP contribution in [0.4, 0.5) is 0 Å². The van der Waals surface area contributed by atoms with Crippen LogP contribution in [0.2, 0.25) is 0 Å². The minimum atomic E-state index is -0.348. The topological polar surface area (TPSA) is 55.0 Å². The second kappa shape index (κ2) is 4.45. The van der Waals surface area contributed by atoms with Crippen LogP contribution in [0.25, 0.3) is 0 Å². The average molecular weight is 180 g/mol. The normalized spacial score (nSPS) is 9.62. The van der Waals surface area contributed by atoms with Crippen LogP contribution in [0, 0.1) is 0 Å². The maximum atomic E-state index is 10.9. The fourth-order valence-corrected chi connectivity index (χ4v) is 0.801. The van der Waals surface area contributed by atoms with Crippen LogP contribution < -0.4 is 0 Å². The number of rotatable bonds is 4. The molecule has 70 valence electrons. The Kier molecular flexibility index (Phi) is 3.25. The van der Waals surface area contributed by atoms with Gasteiger partial charge in [-0.1, -0.05) is 6.58 Å². The zero-order valence-corrected chi connectivity index (χ0v) is 7.54. The van der Waals surface area contributed by atoms with Crippen molar-refractivity contribution in [1.82, 2.24) is 10.2 Å². The molecule has 0 radical (unpaired) electrons. The molecule has 0 atom stereocenters. The van der Waals surface area contributed by atoms with Crippen molar-refractivity contribution in [3.8, 4) is 0 Å². The second-order valence-corrected chi connectivity index (χ2v) is 2.75. The number of aromatic amines is 1. The smallest absolute Gasteiger partial charge is 0.333 e. The molecule has 0 saturated carbocycles. The molecule has 0 fully saturated rings. The predicted octanol–water partition coefficient (Wildman–Crippen LogP) is 1.07. The minimum Gasteiger partial charge on any atom is -0.462 e. The summed E-state index contributed by atoms with van der Waals surface area (Å²) in [5.41, 5.74) is 1.37. The molecule has 4 heteroatoms. The Bertz CT molecular complexity index is 291. The summed E-state index contributed by atoms with van der Waals surface area (Å²) in [5.74, 6) is -0.348. The standard InChI is InChI=1S/C9H12N2O2/c1-7(2)9(12)13-6-4-8-3-5-10-11-8/h3,5H,1,4,6H2,2H3,(H,10,11). The van der Waals surface area contributed by atoms with Crippen molar-refractivity contribution < 1.29 is 9.53 Å². The van der Waals surface area contributed by atoms with Crippen molar-refractivity contribution in [2.24, 2.45) is 0 Å². The Morgan fingerprint density at radius 1 is 1.77 bits per heavy atom. The van der Waals surface area contributed by atoms with E-state index in [0.717, 1.165) is 5.69 Å². The molecule has 1 aromatic heterocycles. The van der Waals surface area contributed by atoms with Gasteiger partial charge in [0.2, 0.25) is 0 Å². The van der Waals surface area contributed by atoms with Gasteiger partial charge in [-0.25, -0.2) is 4.79 Å². The summed E-state index contributed by atoms with van der Waals surface area (Å²) in [6.45, 7) is 5.45. The number of carbonyl (C=O) groups excluding carboxylic acids is 1. The number of nitrogens with one attached hydrogen (secondary N) is 1. The second-order valence-electron chi connectivity index (χ2n) is 2.75. The average Bonchev–Trinajstić information content (AvgIpc) is 2.56. The molecule has 0 spiro atoms. The van der Waals surface area contributed by atoms with Gasteiger partial charge in [0.25, 0.3) is 0 Å². The highest BCUT2D eigenvalue weighted by atomic mass is 16.5. The van der Waals surface area contributed by atoms with Crippen LogP contribution in [0.5, 0.6) is 0 Å². The van der Waals surface area contributed by atoms with Gasteiger partial charge in [0.15, 0.2) is 0 Å². The molecular weight excluding hydrogens is 168 g/mol. The Hall–Kier alpha value is -1.58. The van der Waals surface area contributed by atoms with Crippen molar-refractivity contribution in [3.05, 3.63) is 30.1 Å². The Morgan fingerprint density at radius 3 is 3.08 bits per heavy atom. The third-order valence-electron chi connectivity index (χ3n) is 1.51. The molecule has 4 nitrogen and oxygen atoms in total. The van der Waals surface area contributed by atoms with Gasteiger partial charge in [-0.15, -0.1) is 0 Å². The first-order chi connectivity index (χ1) is 6.20. The molecule has 0 bridgehead atoms. The third-order valence-corrected chi connectivity index (χ3v) is 1.51. The molecule has 0 aliphatic carbocycles. The van der Waals surface area contributed by atoms with Gasteiger partial charge in [-0.2, -0.15) is 5.10 Å². The first-order valence-corrected chi connectivity index (χ1v) is 4.01. The fourth-order valence-electron chi connectivity index (χ4n) is 0.801. The quantitative estimate of drug-likeness (QED) is 0.557. The third kappa shape index (κ3) is 3.11. The zero-order valence-electron chi connectivity index (χ0n) is 7.54. The Morgan fingerprint density at radius 2 is 2.54 bits per heavy atom. The molecule has 0 aliphatic heterocycles. The van der Waals surface area contributed by atoms with E-state index in [1.54, 1.807) is 13.1 Å². The largest absolute Gasteiger partial charge is 0.462 e. The van der Waals surface area contributed by atoms with Crippen molar-refractivity contribution in [2.75, 3.05) is 6.61 Å². The van der Waals surface area contributed by atoms with E-state index in [-0.39, 0.29) is 5.97 Å². The number of ether oxygens (including phenoxy) is 1. The number of esters is 1. The van der Waals surface area contributed by atoms with Crippen molar-refractivity contribution in [3.63, 3.8) is 0 Å². The van der Waals surface area contributed by atoms with Gasteiger partial charge < -0.3 is 4.74 Å². The van der Waals surface area contributed by atoms with Crippen molar-refractivity contribution in [2.45, 2.75) is 13.3 Å². The molecule has 0 saturated heterocycles. The summed E-state index contributed by atoms with van der Waals surface area (Å²) >= 11 is 0. The minimum absolute atomic E-state index is 0.348. The number of nitrogens with zero attached hydrogens (tertiary/aromatic N) is 1. The molecule has 1 rings (SSSR count). The van der Waals surface area contributed by atoms with Crippen LogP contribution in [0.3, 0.4) is 0 Å². The molecule has 0 aliphatic rings. The molecule has 0 aromatic carbocycles. The number of H-pyrrole nitrogens is 1. The molecule has 1 heterocycles.